The number of benzene rings is 1. The van der Waals surface area contributed by atoms with Crippen molar-refractivity contribution in [3.05, 3.63) is 35.4 Å². The Morgan fingerprint density at radius 2 is 1.93 bits per heavy atom. The number of fused-ring (bicyclic) bond motifs is 1. The van der Waals surface area contributed by atoms with E-state index in [1.54, 1.807) is 6.92 Å². The molecule has 4 unspecified atom stereocenters. The normalized spacial score (nSPS) is 28.5. The topological polar surface area (TPSA) is 40.5 Å². The minimum Gasteiger partial charge on any atom is -0.393 e. The highest BCUT2D eigenvalue weighted by Crippen LogP contribution is 2.40. The molecule has 15 heavy (non-hydrogen) atoms. The zero-order valence-electron chi connectivity index (χ0n) is 9.22. The number of aliphatic hydroxyl groups excluding tert-OH is 2. The molecular weight excluding hydrogens is 188 g/mol. The van der Waals surface area contributed by atoms with Crippen molar-refractivity contribution in [3.8, 4) is 0 Å². The minimum absolute atomic E-state index is 0.132. The van der Waals surface area contributed by atoms with Gasteiger partial charge in [-0.05, 0) is 36.3 Å². The van der Waals surface area contributed by atoms with Crippen molar-refractivity contribution in [2.45, 2.75) is 32.5 Å². The molecule has 0 spiro atoms. The average Bonchev–Trinajstić information content (AvgIpc) is 2.56. The van der Waals surface area contributed by atoms with E-state index in [1.165, 1.54) is 5.56 Å². The van der Waals surface area contributed by atoms with Crippen LogP contribution in [-0.4, -0.2) is 16.3 Å². The van der Waals surface area contributed by atoms with Crippen LogP contribution >= 0.6 is 0 Å². The van der Waals surface area contributed by atoms with E-state index in [0.29, 0.717) is 0 Å². The fraction of sp³-hybridized carbons (Fsp3) is 0.538. The molecule has 0 saturated carbocycles. The van der Waals surface area contributed by atoms with Crippen molar-refractivity contribution in [2.75, 3.05) is 0 Å². The third-order valence-corrected chi connectivity index (χ3v) is 3.67. The fourth-order valence-electron chi connectivity index (χ4n) is 2.44. The van der Waals surface area contributed by atoms with Crippen LogP contribution in [0.3, 0.4) is 0 Å². The first-order valence-corrected chi connectivity index (χ1v) is 5.55. The van der Waals surface area contributed by atoms with Gasteiger partial charge in [-0.15, -0.1) is 0 Å². The van der Waals surface area contributed by atoms with E-state index in [4.69, 9.17) is 0 Å². The lowest BCUT2D eigenvalue weighted by Gasteiger charge is -2.25. The Labute approximate surface area is 90.6 Å². The van der Waals surface area contributed by atoms with Crippen LogP contribution in [0.5, 0.6) is 0 Å². The highest BCUT2D eigenvalue weighted by Gasteiger charge is 2.35. The molecule has 2 heteroatoms. The molecule has 0 aliphatic heterocycles. The Bertz CT molecular complexity index is 346. The van der Waals surface area contributed by atoms with Gasteiger partial charge in [0.25, 0.3) is 0 Å². The quantitative estimate of drug-likeness (QED) is 0.776. The van der Waals surface area contributed by atoms with Crippen molar-refractivity contribution in [2.24, 2.45) is 11.8 Å². The third-order valence-electron chi connectivity index (χ3n) is 3.67. The molecule has 1 aliphatic rings. The lowest BCUT2D eigenvalue weighted by molar-refractivity contribution is 0.0316. The zero-order valence-corrected chi connectivity index (χ0v) is 9.22. The second-order valence-corrected chi connectivity index (χ2v) is 4.61. The summed E-state index contributed by atoms with van der Waals surface area (Å²) in [5.74, 6) is 0.287. The van der Waals surface area contributed by atoms with E-state index in [-0.39, 0.29) is 17.9 Å². The summed E-state index contributed by atoms with van der Waals surface area (Å²) in [4.78, 5) is 0. The summed E-state index contributed by atoms with van der Waals surface area (Å²) < 4.78 is 0. The van der Waals surface area contributed by atoms with Gasteiger partial charge in [-0.3, -0.25) is 0 Å². The molecule has 0 saturated heterocycles. The van der Waals surface area contributed by atoms with E-state index >= 15 is 0 Å². The molecule has 0 bridgehead atoms. The van der Waals surface area contributed by atoms with Gasteiger partial charge in [-0.2, -0.15) is 0 Å². The number of hydrogen-bond acceptors (Lipinski definition) is 2. The van der Waals surface area contributed by atoms with Crippen LogP contribution in [0.25, 0.3) is 0 Å². The third kappa shape index (κ3) is 1.80. The standard InChI is InChI=1S/C13H18O2/c1-8(9(2)14)12-7-10-5-3-4-6-11(10)13(12)15/h3-6,8-9,12-15H,7H2,1-2H3. The Kier molecular flexibility index (Phi) is 2.81. The van der Waals surface area contributed by atoms with Crippen LogP contribution in [0.1, 0.15) is 31.1 Å². The maximum Gasteiger partial charge on any atom is 0.0827 e. The highest BCUT2D eigenvalue weighted by atomic mass is 16.3. The van der Waals surface area contributed by atoms with E-state index in [0.717, 1.165) is 12.0 Å². The van der Waals surface area contributed by atoms with Gasteiger partial charge in [0.2, 0.25) is 0 Å². The van der Waals surface area contributed by atoms with Gasteiger partial charge < -0.3 is 10.2 Å². The second-order valence-electron chi connectivity index (χ2n) is 4.61. The summed E-state index contributed by atoms with van der Waals surface area (Å²) in [6, 6.07) is 8.00. The van der Waals surface area contributed by atoms with Gasteiger partial charge in [0.1, 0.15) is 0 Å². The Morgan fingerprint density at radius 3 is 2.53 bits per heavy atom. The maximum atomic E-state index is 10.1. The SMILES string of the molecule is CC(O)C(C)C1Cc2ccccc2C1O. The summed E-state index contributed by atoms with van der Waals surface area (Å²) in [7, 11) is 0. The molecule has 82 valence electrons. The van der Waals surface area contributed by atoms with Crippen LogP contribution in [0, 0.1) is 11.8 Å². The van der Waals surface area contributed by atoms with Crippen molar-refractivity contribution < 1.29 is 10.2 Å². The minimum atomic E-state index is -0.411. The van der Waals surface area contributed by atoms with E-state index in [1.807, 2.05) is 25.1 Å². The van der Waals surface area contributed by atoms with Crippen LogP contribution in [0.15, 0.2) is 24.3 Å². The molecule has 2 nitrogen and oxygen atoms in total. The first-order valence-electron chi connectivity index (χ1n) is 5.55. The van der Waals surface area contributed by atoms with E-state index in [9.17, 15) is 10.2 Å². The van der Waals surface area contributed by atoms with E-state index in [2.05, 4.69) is 6.07 Å². The van der Waals surface area contributed by atoms with Gasteiger partial charge in [-0.1, -0.05) is 31.2 Å². The largest absolute Gasteiger partial charge is 0.393 e. The lowest BCUT2D eigenvalue weighted by atomic mass is 9.86. The Morgan fingerprint density at radius 1 is 1.27 bits per heavy atom. The van der Waals surface area contributed by atoms with Crippen LogP contribution < -0.4 is 0 Å². The van der Waals surface area contributed by atoms with Gasteiger partial charge in [0.15, 0.2) is 0 Å². The summed E-state index contributed by atoms with van der Waals surface area (Å²) >= 11 is 0. The summed E-state index contributed by atoms with van der Waals surface area (Å²) in [5.41, 5.74) is 2.26. The van der Waals surface area contributed by atoms with Gasteiger partial charge in [-0.25, -0.2) is 0 Å². The molecule has 0 fully saturated rings. The molecule has 4 atom stereocenters. The predicted molar refractivity (Wildman–Crippen MR) is 59.4 cm³/mol. The molecule has 2 N–H and O–H groups in total. The number of aliphatic hydroxyl groups is 2. The van der Waals surface area contributed by atoms with Gasteiger partial charge in [0.05, 0.1) is 12.2 Å². The van der Waals surface area contributed by atoms with Crippen molar-refractivity contribution in [1.29, 1.82) is 0 Å². The Hall–Kier alpha value is -0.860. The van der Waals surface area contributed by atoms with Crippen molar-refractivity contribution in [3.63, 3.8) is 0 Å². The predicted octanol–water partition coefficient (Wildman–Crippen LogP) is 1.91. The van der Waals surface area contributed by atoms with Gasteiger partial charge in [0, 0.05) is 0 Å². The van der Waals surface area contributed by atoms with Crippen LogP contribution in [0.2, 0.25) is 0 Å². The lowest BCUT2D eigenvalue weighted by Crippen LogP contribution is -2.25. The molecule has 1 aliphatic carbocycles. The van der Waals surface area contributed by atoms with Crippen LogP contribution in [0.4, 0.5) is 0 Å². The Balaban J connectivity index is 2.23. The average molecular weight is 206 g/mol. The zero-order chi connectivity index (χ0) is 11.0. The van der Waals surface area contributed by atoms with E-state index < -0.39 is 6.10 Å². The van der Waals surface area contributed by atoms with Crippen molar-refractivity contribution in [1.82, 2.24) is 0 Å². The molecule has 2 rings (SSSR count). The highest BCUT2D eigenvalue weighted by molar-refractivity contribution is 5.34. The molecule has 0 radical (unpaired) electrons. The first kappa shape index (κ1) is 10.7. The summed E-state index contributed by atoms with van der Waals surface area (Å²) in [6.07, 6.45) is 0.105. The monoisotopic (exact) mass is 206 g/mol. The summed E-state index contributed by atoms with van der Waals surface area (Å²) in [5, 5.41) is 19.7. The smallest absolute Gasteiger partial charge is 0.0827 e. The maximum absolute atomic E-state index is 10.1. The molecule has 1 aromatic carbocycles. The van der Waals surface area contributed by atoms with Gasteiger partial charge >= 0.3 is 0 Å². The number of hydrogen-bond donors (Lipinski definition) is 2. The van der Waals surface area contributed by atoms with Crippen molar-refractivity contribution >= 4 is 0 Å². The summed E-state index contributed by atoms with van der Waals surface area (Å²) in [6.45, 7) is 3.80. The van der Waals surface area contributed by atoms with Crippen LogP contribution in [-0.2, 0) is 6.42 Å². The molecular formula is C13H18O2. The second kappa shape index (κ2) is 3.95. The first-order chi connectivity index (χ1) is 7.11. The molecule has 0 aromatic heterocycles. The molecule has 0 heterocycles. The fourth-order valence-corrected chi connectivity index (χ4v) is 2.44. The molecule has 0 amide bonds. The molecule has 1 aromatic rings. The number of rotatable bonds is 2.